The van der Waals surface area contributed by atoms with Crippen LogP contribution in [0.5, 0.6) is 11.5 Å². The Labute approximate surface area is 214 Å². The maximum Gasteiger partial charge on any atom is 0.248 e. The van der Waals surface area contributed by atoms with E-state index in [0.29, 0.717) is 35.6 Å². The zero-order valence-corrected chi connectivity index (χ0v) is 21.5. The highest BCUT2D eigenvalue weighted by molar-refractivity contribution is 7.89. The summed E-state index contributed by atoms with van der Waals surface area (Å²) in [5.74, 6) is 0.0377. The number of nitrogens with one attached hydrogen (secondary N) is 1. The van der Waals surface area contributed by atoms with Gasteiger partial charge in [0.2, 0.25) is 15.9 Å². The van der Waals surface area contributed by atoms with Crippen LogP contribution in [-0.2, 0) is 14.8 Å². The van der Waals surface area contributed by atoms with Gasteiger partial charge in [0.1, 0.15) is 23.0 Å². The fourth-order valence-corrected chi connectivity index (χ4v) is 5.93. The summed E-state index contributed by atoms with van der Waals surface area (Å²) in [6.45, 7) is 1.84. The second-order valence-electron chi connectivity index (χ2n) is 8.55. The van der Waals surface area contributed by atoms with Gasteiger partial charge in [0.15, 0.2) is 10.7 Å². The van der Waals surface area contributed by atoms with Crippen LogP contribution in [0.4, 0.5) is 10.1 Å². The van der Waals surface area contributed by atoms with E-state index in [9.17, 15) is 17.6 Å². The molecule has 0 atom stereocenters. The van der Waals surface area contributed by atoms with Crippen LogP contribution in [0.1, 0.15) is 29.9 Å². The molecule has 0 aliphatic carbocycles. The number of carbonyl (C=O) groups excluding carboxylic acids is 1. The molecule has 4 rings (SSSR count). The molecule has 9 nitrogen and oxygen atoms in total. The average molecular weight is 530 g/mol. The maximum absolute atomic E-state index is 14.0. The molecule has 0 bridgehead atoms. The van der Waals surface area contributed by atoms with E-state index in [2.05, 4.69) is 10.5 Å². The second kappa shape index (κ2) is 11.1. The Morgan fingerprint density at radius 2 is 1.86 bits per heavy atom. The molecule has 1 N–H and O–H groups in total. The van der Waals surface area contributed by atoms with Crippen molar-refractivity contribution in [2.75, 3.05) is 32.6 Å². The van der Waals surface area contributed by atoms with Crippen molar-refractivity contribution in [2.45, 2.75) is 24.7 Å². The van der Waals surface area contributed by atoms with E-state index in [0.717, 1.165) is 0 Å². The predicted octanol–water partition coefficient (Wildman–Crippen LogP) is 4.35. The summed E-state index contributed by atoms with van der Waals surface area (Å²) in [7, 11) is -0.921. The maximum atomic E-state index is 14.0. The number of piperidine rings is 1. The first-order chi connectivity index (χ1) is 17.7. The molecular weight excluding hydrogens is 501 g/mol. The lowest BCUT2D eigenvalue weighted by Crippen LogP contribution is -2.41. The minimum Gasteiger partial charge on any atom is -0.497 e. The Morgan fingerprint density at radius 1 is 1.14 bits per heavy atom. The van der Waals surface area contributed by atoms with Gasteiger partial charge in [0.25, 0.3) is 0 Å². The first kappa shape index (κ1) is 26.4. The van der Waals surface area contributed by atoms with Crippen molar-refractivity contribution in [3.8, 4) is 11.5 Å². The van der Waals surface area contributed by atoms with Crippen LogP contribution in [0, 0.1) is 18.7 Å². The Morgan fingerprint density at radius 3 is 2.54 bits per heavy atom. The van der Waals surface area contributed by atoms with Crippen molar-refractivity contribution in [3.63, 3.8) is 0 Å². The van der Waals surface area contributed by atoms with Gasteiger partial charge in [-0.2, -0.15) is 4.31 Å². The number of benzene rings is 2. The van der Waals surface area contributed by atoms with E-state index < -0.39 is 15.8 Å². The van der Waals surface area contributed by atoms with Gasteiger partial charge in [-0.3, -0.25) is 4.79 Å². The van der Waals surface area contributed by atoms with E-state index in [-0.39, 0.29) is 41.3 Å². The van der Waals surface area contributed by atoms with E-state index in [1.54, 1.807) is 43.3 Å². The van der Waals surface area contributed by atoms with Crippen LogP contribution in [0.25, 0.3) is 12.2 Å². The number of aryl methyl sites for hydroxylation is 1. The molecule has 3 aromatic rings. The number of nitrogens with zero attached hydrogens (tertiary/aromatic N) is 2. The Balaban J connectivity index is 1.46. The lowest BCUT2D eigenvalue weighted by atomic mass is 9.97. The van der Waals surface area contributed by atoms with Gasteiger partial charge in [-0.25, -0.2) is 12.8 Å². The van der Waals surface area contributed by atoms with E-state index >= 15 is 0 Å². The normalized spacial score (nSPS) is 15.1. The lowest BCUT2D eigenvalue weighted by Gasteiger charge is -2.30. The van der Waals surface area contributed by atoms with Crippen molar-refractivity contribution in [2.24, 2.45) is 5.92 Å². The first-order valence-corrected chi connectivity index (χ1v) is 13.1. The quantitative estimate of drug-likeness (QED) is 0.462. The zero-order chi connectivity index (χ0) is 26.6. The van der Waals surface area contributed by atoms with Gasteiger partial charge >= 0.3 is 0 Å². The molecule has 1 amide bonds. The lowest BCUT2D eigenvalue weighted by molar-refractivity contribution is -0.120. The minimum absolute atomic E-state index is 0.0192. The number of amides is 1. The Hall–Kier alpha value is -3.70. The predicted molar refractivity (Wildman–Crippen MR) is 136 cm³/mol. The molecule has 196 valence electrons. The first-order valence-electron chi connectivity index (χ1n) is 11.7. The van der Waals surface area contributed by atoms with Crippen LogP contribution in [-0.4, -0.2) is 51.1 Å². The molecule has 2 aromatic carbocycles. The van der Waals surface area contributed by atoms with Gasteiger partial charge in [-0.05, 0) is 50.1 Å². The SMILES string of the molecule is COc1ccc(OC)c(NC(=O)C2CCN(S(=O)(=O)c3c(C)noc3/C=C/c3ccccc3F)CC2)c1. The third-order valence-corrected chi connectivity index (χ3v) is 8.30. The Bertz CT molecular complexity index is 1410. The smallest absolute Gasteiger partial charge is 0.248 e. The van der Waals surface area contributed by atoms with Crippen LogP contribution < -0.4 is 14.8 Å². The number of hydrogen-bond acceptors (Lipinski definition) is 7. The molecule has 0 unspecified atom stereocenters. The number of ether oxygens (including phenoxy) is 2. The molecule has 2 heterocycles. The minimum atomic E-state index is -3.96. The van der Waals surface area contributed by atoms with Crippen molar-refractivity contribution in [1.29, 1.82) is 0 Å². The third kappa shape index (κ3) is 5.67. The highest BCUT2D eigenvalue weighted by atomic mass is 32.2. The largest absolute Gasteiger partial charge is 0.497 e. The molecule has 1 aliphatic heterocycles. The second-order valence-corrected chi connectivity index (χ2v) is 10.4. The summed E-state index contributed by atoms with van der Waals surface area (Å²) in [5, 5.41) is 6.69. The molecule has 37 heavy (non-hydrogen) atoms. The van der Waals surface area contributed by atoms with Gasteiger partial charge in [0, 0.05) is 30.6 Å². The number of hydrogen-bond donors (Lipinski definition) is 1. The highest BCUT2D eigenvalue weighted by Crippen LogP contribution is 2.32. The number of methoxy groups -OCH3 is 2. The summed E-state index contributed by atoms with van der Waals surface area (Å²) >= 11 is 0. The summed E-state index contributed by atoms with van der Waals surface area (Å²) in [6, 6.07) is 11.2. The molecule has 0 radical (unpaired) electrons. The summed E-state index contributed by atoms with van der Waals surface area (Å²) in [6.07, 6.45) is 3.51. The van der Waals surface area contributed by atoms with Crippen molar-refractivity contribution in [1.82, 2.24) is 9.46 Å². The van der Waals surface area contributed by atoms with Crippen LogP contribution in [0.2, 0.25) is 0 Å². The van der Waals surface area contributed by atoms with Gasteiger partial charge < -0.3 is 19.3 Å². The standard InChI is InChI=1S/C26H28FN3O6S/c1-17-25(24(36-29-17)10-8-18-6-4-5-7-21(18)27)37(32,33)30-14-12-19(13-15-30)26(31)28-22-16-20(34-2)9-11-23(22)35-3/h4-11,16,19H,12-15H2,1-3H3,(H,28,31)/b10-8+. The monoisotopic (exact) mass is 529 g/mol. The fourth-order valence-electron chi connectivity index (χ4n) is 4.21. The van der Waals surface area contributed by atoms with Crippen LogP contribution in [0.3, 0.4) is 0 Å². The van der Waals surface area contributed by atoms with Gasteiger partial charge in [0.05, 0.1) is 19.9 Å². The van der Waals surface area contributed by atoms with Crippen LogP contribution >= 0.6 is 0 Å². The molecule has 0 spiro atoms. The third-order valence-electron chi connectivity index (χ3n) is 6.24. The number of rotatable bonds is 8. The summed E-state index contributed by atoms with van der Waals surface area (Å²) in [5.41, 5.74) is 0.978. The molecule has 1 saturated heterocycles. The van der Waals surface area contributed by atoms with E-state index in [1.165, 1.54) is 36.7 Å². The average Bonchev–Trinajstić information content (AvgIpc) is 3.29. The molecular formula is C26H28FN3O6S. The van der Waals surface area contributed by atoms with E-state index in [4.69, 9.17) is 14.0 Å². The van der Waals surface area contributed by atoms with Gasteiger partial charge in [-0.15, -0.1) is 0 Å². The summed E-state index contributed by atoms with van der Waals surface area (Å²) in [4.78, 5) is 12.9. The zero-order valence-electron chi connectivity index (χ0n) is 20.7. The van der Waals surface area contributed by atoms with Crippen LogP contribution in [0.15, 0.2) is 51.9 Å². The van der Waals surface area contributed by atoms with Crippen molar-refractivity contribution >= 4 is 33.8 Å². The van der Waals surface area contributed by atoms with Crippen molar-refractivity contribution < 1.29 is 31.6 Å². The molecule has 1 aliphatic rings. The molecule has 11 heteroatoms. The number of aromatic nitrogens is 1. The fraction of sp³-hybridized carbons (Fsp3) is 0.308. The number of halogens is 1. The van der Waals surface area contributed by atoms with Crippen molar-refractivity contribution in [3.05, 3.63) is 65.3 Å². The van der Waals surface area contributed by atoms with Gasteiger partial charge in [-0.1, -0.05) is 23.4 Å². The number of carbonyl (C=O) groups is 1. The number of sulfonamides is 1. The summed E-state index contributed by atoms with van der Waals surface area (Å²) < 4.78 is 58.0. The van der Waals surface area contributed by atoms with E-state index in [1.807, 2.05) is 0 Å². The molecule has 1 fully saturated rings. The topological polar surface area (TPSA) is 111 Å². The Kier molecular flexibility index (Phi) is 7.94. The molecule has 1 aromatic heterocycles. The molecule has 0 saturated carbocycles. The number of anilines is 1. The highest BCUT2D eigenvalue weighted by Gasteiger charge is 2.36.